The first-order valence-corrected chi connectivity index (χ1v) is 7.18. The zero-order chi connectivity index (χ0) is 14.7. The summed E-state index contributed by atoms with van der Waals surface area (Å²) in [6.07, 6.45) is 1.98. The van der Waals surface area contributed by atoms with Crippen LogP contribution in [-0.4, -0.2) is 17.3 Å². The molecule has 0 aromatic heterocycles. The molecule has 0 heterocycles. The Bertz CT molecular complexity index is 658. The van der Waals surface area contributed by atoms with Crippen molar-refractivity contribution in [1.82, 2.24) is 0 Å². The molecule has 0 amide bonds. The zero-order valence-corrected chi connectivity index (χ0v) is 11.9. The van der Waals surface area contributed by atoms with Crippen LogP contribution < -0.4 is 5.32 Å². The van der Waals surface area contributed by atoms with Gasteiger partial charge in [-0.05, 0) is 55.1 Å². The molecule has 104 valence electrons. The van der Waals surface area contributed by atoms with Crippen LogP contribution in [0.1, 0.15) is 15.9 Å². The minimum atomic E-state index is -1.09. The number of thioether (sulfide) groups is 1. The second-order valence-electron chi connectivity index (χ2n) is 4.30. The molecule has 0 radical (unpaired) electrons. The molecule has 0 fully saturated rings. The molecule has 2 N–H and O–H groups in total. The number of rotatable bonds is 4. The third-order valence-corrected chi connectivity index (χ3v) is 3.64. The molecule has 5 heteroatoms. The summed E-state index contributed by atoms with van der Waals surface area (Å²) in [6, 6.07) is 9.36. The number of hydrogen-bond donors (Lipinski definition) is 2. The summed E-state index contributed by atoms with van der Waals surface area (Å²) < 4.78 is 13.3. The highest BCUT2D eigenvalue weighted by Gasteiger charge is 2.12. The van der Waals surface area contributed by atoms with E-state index in [4.69, 9.17) is 5.11 Å². The van der Waals surface area contributed by atoms with E-state index in [0.717, 1.165) is 22.2 Å². The molecule has 0 aliphatic heterocycles. The Morgan fingerprint density at radius 1 is 1.20 bits per heavy atom. The zero-order valence-electron chi connectivity index (χ0n) is 11.1. The van der Waals surface area contributed by atoms with Crippen molar-refractivity contribution in [3.63, 3.8) is 0 Å². The Balaban J connectivity index is 2.39. The predicted octanol–water partition coefficient (Wildman–Crippen LogP) is 4.30. The van der Waals surface area contributed by atoms with Crippen molar-refractivity contribution >= 4 is 29.1 Å². The minimum Gasteiger partial charge on any atom is -0.478 e. The van der Waals surface area contributed by atoms with Gasteiger partial charge >= 0.3 is 5.97 Å². The fourth-order valence-corrected chi connectivity index (χ4v) is 2.35. The van der Waals surface area contributed by atoms with E-state index in [2.05, 4.69) is 5.32 Å². The van der Waals surface area contributed by atoms with Crippen molar-refractivity contribution in [2.45, 2.75) is 11.8 Å². The van der Waals surface area contributed by atoms with Crippen LogP contribution in [0.4, 0.5) is 15.8 Å². The lowest BCUT2D eigenvalue weighted by Crippen LogP contribution is -2.04. The predicted molar refractivity (Wildman–Crippen MR) is 79.6 cm³/mol. The molecule has 3 nitrogen and oxygen atoms in total. The van der Waals surface area contributed by atoms with E-state index in [-0.39, 0.29) is 11.3 Å². The topological polar surface area (TPSA) is 49.3 Å². The first kappa shape index (κ1) is 14.4. The van der Waals surface area contributed by atoms with E-state index in [1.807, 2.05) is 31.4 Å². The molecule has 0 bridgehead atoms. The first-order chi connectivity index (χ1) is 9.51. The van der Waals surface area contributed by atoms with E-state index in [9.17, 15) is 9.18 Å². The normalized spacial score (nSPS) is 10.3. The molecule has 0 aliphatic carbocycles. The van der Waals surface area contributed by atoms with Crippen molar-refractivity contribution in [3.8, 4) is 0 Å². The number of carboxylic acid groups (broad SMARTS) is 1. The van der Waals surface area contributed by atoms with Gasteiger partial charge in [-0.2, -0.15) is 0 Å². The number of hydrogen-bond acceptors (Lipinski definition) is 3. The SMILES string of the molecule is CSc1ccc(Nc2cc(F)ccc2C(=O)O)c(C)c1. The largest absolute Gasteiger partial charge is 0.478 e. The molecule has 0 unspecified atom stereocenters. The third kappa shape index (κ3) is 3.11. The molecule has 0 aliphatic rings. The van der Waals surface area contributed by atoms with E-state index in [1.54, 1.807) is 11.8 Å². The Morgan fingerprint density at radius 2 is 1.95 bits per heavy atom. The molecule has 2 aromatic rings. The number of nitrogens with one attached hydrogen (secondary N) is 1. The van der Waals surface area contributed by atoms with Crippen LogP contribution in [0.2, 0.25) is 0 Å². The second kappa shape index (κ2) is 5.96. The lowest BCUT2D eigenvalue weighted by molar-refractivity contribution is 0.0698. The molecule has 0 spiro atoms. The summed E-state index contributed by atoms with van der Waals surface area (Å²) in [5.41, 5.74) is 2.02. The Hall–Kier alpha value is -2.01. The molecule has 2 aromatic carbocycles. The second-order valence-corrected chi connectivity index (χ2v) is 5.18. The summed E-state index contributed by atoms with van der Waals surface area (Å²) in [5.74, 6) is -1.57. The number of aryl methyl sites for hydroxylation is 1. The summed E-state index contributed by atoms with van der Waals surface area (Å²) in [7, 11) is 0. The van der Waals surface area contributed by atoms with Crippen LogP contribution >= 0.6 is 11.8 Å². The maximum Gasteiger partial charge on any atom is 0.337 e. The van der Waals surface area contributed by atoms with Gasteiger partial charge in [0.05, 0.1) is 11.3 Å². The maximum atomic E-state index is 13.3. The Kier molecular flexibility index (Phi) is 4.29. The fourth-order valence-electron chi connectivity index (χ4n) is 1.85. The highest BCUT2D eigenvalue weighted by atomic mass is 32.2. The van der Waals surface area contributed by atoms with Gasteiger partial charge in [0.25, 0.3) is 0 Å². The van der Waals surface area contributed by atoms with E-state index < -0.39 is 11.8 Å². The highest BCUT2D eigenvalue weighted by Crippen LogP contribution is 2.27. The van der Waals surface area contributed by atoms with Crippen molar-refractivity contribution in [2.24, 2.45) is 0 Å². The molecule has 0 saturated heterocycles. The Labute approximate surface area is 120 Å². The lowest BCUT2D eigenvalue weighted by atomic mass is 10.1. The summed E-state index contributed by atoms with van der Waals surface area (Å²) in [6.45, 7) is 1.92. The summed E-state index contributed by atoms with van der Waals surface area (Å²) in [5, 5.41) is 12.1. The molecule has 20 heavy (non-hydrogen) atoms. The lowest BCUT2D eigenvalue weighted by Gasteiger charge is -2.13. The van der Waals surface area contributed by atoms with Crippen LogP contribution in [0.25, 0.3) is 0 Å². The van der Waals surface area contributed by atoms with E-state index in [1.165, 1.54) is 12.1 Å². The monoisotopic (exact) mass is 291 g/mol. The smallest absolute Gasteiger partial charge is 0.337 e. The number of anilines is 2. The van der Waals surface area contributed by atoms with Gasteiger partial charge < -0.3 is 10.4 Å². The van der Waals surface area contributed by atoms with Crippen LogP contribution in [0.15, 0.2) is 41.3 Å². The van der Waals surface area contributed by atoms with E-state index in [0.29, 0.717) is 0 Å². The van der Waals surface area contributed by atoms with Crippen LogP contribution in [0.5, 0.6) is 0 Å². The van der Waals surface area contributed by atoms with Crippen molar-refractivity contribution in [3.05, 3.63) is 53.3 Å². The minimum absolute atomic E-state index is 0.0414. The molecule has 2 rings (SSSR count). The fraction of sp³-hybridized carbons (Fsp3) is 0.133. The third-order valence-electron chi connectivity index (χ3n) is 2.91. The van der Waals surface area contributed by atoms with Crippen molar-refractivity contribution < 1.29 is 14.3 Å². The summed E-state index contributed by atoms with van der Waals surface area (Å²) >= 11 is 1.63. The number of aromatic carboxylic acids is 1. The first-order valence-electron chi connectivity index (χ1n) is 5.96. The molecular weight excluding hydrogens is 277 g/mol. The van der Waals surface area contributed by atoms with Gasteiger partial charge in [-0.3, -0.25) is 0 Å². The number of carbonyl (C=O) groups is 1. The van der Waals surface area contributed by atoms with Gasteiger partial charge in [-0.15, -0.1) is 11.8 Å². The van der Waals surface area contributed by atoms with Gasteiger partial charge in [0, 0.05) is 10.6 Å². The average molecular weight is 291 g/mol. The van der Waals surface area contributed by atoms with Crippen LogP contribution in [-0.2, 0) is 0 Å². The number of benzene rings is 2. The van der Waals surface area contributed by atoms with E-state index >= 15 is 0 Å². The summed E-state index contributed by atoms with van der Waals surface area (Å²) in [4.78, 5) is 12.3. The Morgan fingerprint density at radius 3 is 2.55 bits per heavy atom. The average Bonchev–Trinajstić information content (AvgIpc) is 2.40. The van der Waals surface area contributed by atoms with Gasteiger partial charge in [0.15, 0.2) is 0 Å². The van der Waals surface area contributed by atoms with Gasteiger partial charge in [0.2, 0.25) is 0 Å². The molecule has 0 saturated carbocycles. The van der Waals surface area contributed by atoms with Gasteiger partial charge in [0.1, 0.15) is 5.82 Å². The van der Waals surface area contributed by atoms with Crippen LogP contribution in [0.3, 0.4) is 0 Å². The number of halogens is 1. The van der Waals surface area contributed by atoms with Gasteiger partial charge in [-0.25, -0.2) is 9.18 Å². The standard InChI is InChI=1S/C15H14FNO2S/c1-9-7-11(20-2)4-6-13(9)17-14-8-10(16)3-5-12(14)15(18)19/h3-8,17H,1-2H3,(H,18,19). The highest BCUT2D eigenvalue weighted by molar-refractivity contribution is 7.98. The van der Waals surface area contributed by atoms with Crippen molar-refractivity contribution in [1.29, 1.82) is 0 Å². The molecule has 0 atom stereocenters. The quantitative estimate of drug-likeness (QED) is 0.825. The molecular formula is C15H14FNO2S. The van der Waals surface area contributed by atoms with Gasteiger partial charge in [-0.1, -0.05) is 0 Å². The maximum absolute atomic E-state index is 13.3. The van der Waals surface area contributed by atoms with Crippen LogP contribution in [0, 0.1) is 12.7 Å². The van der Waals surface area contributed by atoms with Crippen molar-refractivity contribution in [2.75, 3.05) is 11.6 Å². The number of carboxylic acids is 1.